The van der Waals surface area contributed by atoms with Crippen molar-refractivity contribution < 1.29 is 9.84 Å². The van der Waals surface area contributed by atoms with Crippen LogP contribution in [0.5, 0.6) is 0 Å². The number of aliphatic hydroxyl groups is 1. The van der Waals surface area contributed by atoms with E-state index in [2.05, 4.69) is 12.1 Å². The number of hydrogen-bond donors (Lipinski definition) is 1. The van der Waals surface area contributed by atoms with Gasteiger partial charge >= 0.3 is 0 Å². The van der Waals surface area contributed by atoms with Gasteiger partial charge in [-0.15, -0.1) is 0 Å². The van der Waals surface area contributed by atoms with Crippen molar-refractivity contribution in [1.29, 1.82) is 0 Å². The van der Waals surface area contributed by atoms with Crippen LogP contribution < -0.4 is 0 Å². The lowest BCUT2D eigenvalue weighted by molar-refractivity contribution is -0.167. The minimum absolute atomic E-state index is 0.222. The van der Waals surface area contributed by atoms with Gasteiger partial charge in [-0.2, -0.15) is 0 Å². The highest BCUT2D eigenvalue weighted by Crippen LogP contribution is 2.36. The van der Waals surface area contributed by atoms with Crippen molar-refractivity contribution in [2.24, 2.45) is 5.92 Å². The van der Waals surface area contributed by atoms with Crippen LogP contribution in [0.2, 0.25) is 0 Å². The fourth-order valence-corrected chi connectivity index (χ4v) is 3.25. The van der Waals surface area contributed by atoms with Gasteiger partial charge in [0.2, 0.25) is 0 Å². The van der Waals surface area contributed by atoms with Gasteiger partial charge in [0.1, 0.15) is 0 Å². The predicted octanol–water partition coefficient (Wildman–Crippen LogP) is 3.20. The number of ether oxygens (including phenoxy) is 1. The highest BCUT2D eigenvalue weighted by atomic mass is 16.6. The van der Waals surface area contributed by atoms with Gasteiger partial charge in [-0.05, 0) is 30.7 Å². The second kappa shape index (κ2) is 4.79. The van der Waals surface area contributed by atoms with E-state index in [-0.39, 0.29) is 6.10 Å². The third kappa shape index (κ3) is 2.24. The first kappa shape index (κ1) is 11.2. The van der Waals surface area contributed by atoms with E-state index >= 15 is 0 Å². The van der Waals surface area contributed by atoms with Crippen LogP contribution in [0, 0.1) is 5.92 Å². The largest absolute Gasteiger partial charge is 0.364 e. The van der Waals surface area contributed by atoms with Gasteiger partial charge in [0.25, 0.3) is 0 Å². The molecule has 1 aromatic carbocycles. The molecule has 2 aliphatic rings. The number of aliphatic hydroxyl groups excluding tert-OH is 1. The maximum Gasteiger partial charge on any atom is 0.181 e. The molecule has 0 unspecified atom stereocenters. The zero-order valence-corrected chi connectivity index (χ0v) is 10.1. The topological polar surface area (TPSA) is 29.5 Å². The monoisotopic (exact) mass is 232 g/mol. The molecule has 0 aromatic heterocycles. The van der Waals surface area contributed by atoms with Crippen molar-refractivity contribution in [2.45, 2.75) is 50.9 Å². The van der Waals surface area contributed by atoms with Gasteiger partial charge in [0.05, 0.1) is 6.10 Å². The van der Waals surface area contributed by atoms with Gasteiger partial charge in [-0.3, -0.25) is 0 Å². The Labute approximate surface area is 103 Å². The molecule has 2 heteroatoms. The summed E-state index contributed by atoms with van der Waals surface area (Å²) < 4.78 is 5.81. The average Bonchev–Trinajstić information content (AvgIpc) is 2.40. The fraction of sp³-hybridized carbons (Fsp3) is 0.600. The minimum atomic E-state index is -0.716. The van der Waals surface area contributed by atoms with Crippen LogP contribution in [0.3, 0.4) is 0 Å². The molecule has 0 bridgehead atoms. The zero-order valence-electron chi connectivity index (χ0n) is 10.1. The van der Waals surface area contributed by atoms with E-state index in [1.54, 1.807) is 0 Å². The Kier molecular flexibility index (Phi) is 3.17. The number of hydrogen-bond acceptors (Lipinski definition) is 2. The van der Waals surface area contributed by atoms with Crippen molar-refractivity contribution in [2.75, 3.05) is 0 Å². The highest BCUT2D eigenvalue weighted by Gasteiger charge is 2.31. The van der Waals surface area contributed by atoms with Crippen molar-refractivity contribution in [3.8, 4) is 0 Å². The first-order valence-electron chi connectivity index (χ1n) is 6.76. The van der Waals surface area contributed by atoms with E-state index in [0.29, 0.717) is 5.92 Å². The Bertz CT molecular complexity index is 382. The summed E-state index contributed by atoms with van der Waals surface area (Å²) in [4.78, 5) is 0. The molecule has 1 saturated carbocycles. The molecule has 1 aliphatic heterocycles. The van der Waals surface area contributed by atoms with Crippen LogP contribution in [0.1, 0.15) is 49.5 Å². The summed E-state index contributed by atoms with van der Waals surface area (Å²) in [5.74, 6) is 0.645. The Morgan fingerprint density at radius 1 is 1.06 bits per heavy atom. The number of rotatable bonds is 1. The van der Waals surface area contributed by atoms with E-state index in [1.807, 2.05) is 12.1 Å². The van der Waals surface area contributed by atoms with Gasteiger partial charge in [-0.1, -0.05) is 43.5 Å². The highest BCUT2D eigenvalue weighted by molar-refractivity contribution is 5.30. The molecule has 2 nitrogen and oxygen atoms in total. The first-order chi connectivity index (χ1) is 8.34. The molecule has 1 aromatic rings. The van der Waals surface area contributed by atoms with Crippen LogP contribution in [0.4, 0.5) is 0 Å². The Morgan fingerprint density at radius 3 is 2.65 bits per heavy atom. The Morgan fingerprint density at radius 2 is 1.82 bits per heavy atom. The summed E-state index contributed by atoms with van der Waals surface area (Å²) in [7, 11) is 0. The van der Waals surface area contributed by atoms with Gasteiger partial charge in [0, 0.05) is 5.56 Å². The summed E-state index contributed by atoms with van der Waals surface area (Å²) in [6.07, 6.45) is 7.01. The number of fused-ring (bicyclic) bond motifs is 1. The maximum absolute atomic E-state index is 10.0. The minimum Gasteiger partial charge on any atom is -0.364 e. The molecule has 0 saturated heterocycles. The van der Waals surface area contributed by atoms with E-state index in [4.69, 9.17) is 4.74 Å². The van der Waals surface area contributed by atoms with E-state index in [1.165, 1.54) is 37.7 Å². The molecular weight excluding hydrogens is 212 g/mol. The summed E-state index contributed by atoms with van der Waals surface area (Å²) in [6, 6.07) is 8.11. The normalized spacial score (nSPS) is 29.9. The van der Waals surface area contributed by atoms with Gasteiger partial charge < -0.3 is 9.84 Å². The Balaban J connectivity index is 1.78. The summed E-state index contributed by atoms with van der Waals surface area (Å²) in [5, 5.41) is 10.0. The summed E-state index contributed by atoms with van der Waals surface area (Å²) >= 11 is 0. The molecule has 17 heavy (non-hydrogen) atoms. The number of benzene rings is 1. The SMILES string of the molecule is O[C@H]1O[C@@H](C2CCCCC2)Cc2ccccc21. The van der Waals surface area contributed by atoms with Crippen molar-refractivity contribution in [3.63, 3.8) is 0 Å². The van der Waals surface area contributed by atoms with Crippen LogP contribution in [0.15, 0.2) is 24.3 Å². The van der Waals surface area contributed by atoms with Gasteiger partial charge in [-0.25, -0.2) is 0 Å². The molecule has 1 aliphatic carbocycles. The molecule has 0 radical (unpaired) electrons. The Hall–Kier alpha value is -0.860. The molecule has 1 N–H and O–H groups in total. The molecule has 0 spiro atoms. The lowest BCUT2D eigenvalue weighted by Gasteiger charge is -2.36. The van der Waals surface area contributed by atoms with Crippen molar-refractivity contribution in [1.82, 2.24) is 0 Å². The quantitative estimate of drug-likeness (QED) is 0.805. The maximum atomic E-state index is 10.0. The van der Waals surface area contributed by atoms with Crippen molar-refractivity contribution >= 4 is 0 Å². The lowest BCUT2D eigenvalue weighted by atomic mass is 9.81. The molecule has 2 atom stereocenters. The summed E-state index contributed by atoms with van der Waals surface area (Å²) in [5.41, 5.74) is 2.22. The predicted molar refractivity (Wildman–Crippen MR) is 66.6 cm³/mol. The lowest BCUT2D eigenvalue weighted by Crippen LogP contribution is -2.33. The first-order valence-corrected chi connectivity index (χ1v) is 6.76. The van der Waals surface area contributed by atoms with E-state index < -0.39 is 6.29 Å². The second-order valence-corrected chi connectivity index (χ2v) is 5.33. The van der Waals surface area contributed by atoms with Gasteiger partial charge in [0.15, 0.2) is 6.29 Å². The molecule has 92 valence electrons. The van der Waals surface area contributed by atoms with Crippen LogP contribution in [0.25, 0.3) is 0 Å². The molecular formula is C15H20O2. The third-order valence-corrected chi connectivity index (χ3v) is 4.22. The van der Waals surface area contributed by atoms with Crippen LogP contribution >= 0.6 is 0 Å². The molecule has 1 heterocycles. The average molecular weight is 232 g/mol. The molecule has 3 rings (SSSR count). The second-order valence-electron chi connectivity index (χ2n) is 5.33. The summed E-state index contributed by atoms with van der Waals surface area (Å²) in [6.45, 7) is 0. The third-order valence-electron chi connectivity index (χ3n) is 4.22. The molecule has 1 fully saturated rings. The van der Waals surface area contributed by atoms with Crippen LogP contribution in [-0.2, 0) is 11.2 Å². The molecule has 0 amide bonds. The van der Waals surface area contributed by atoms with E-state index in [0.717, 1.165) is 12.0 Å². The van der Waals surface area contributed by atoms with Crippen LogP contribution in [-0.4, -0.2) is 11.2 Å². The van der Waals surface area contributed by atoms with Crippen molar-refractivity contribution in [3.05, 3.63) is 35.4 Å². The smallest absolute Gasteiger partial charge is 0.181 e. The standard InChI is InChI=1S/C15H20O2/c16-15-13-9-5-4-8-12(13)10-14(17-15)11-6-2-1-3-7-11/h4-5,8-9,11,14-16H,1-3,6-7,10H2/t14-,15+/m1/s1. The van der Waals surface area contributed by atoms with E-state index in [9.17, 15) is 5.11 Å². The zero-order chi connectivity index (χ0) is 11.7. The fourth-order valence-electron chi connectivity index (χ4n) is 3.25.